The number of halogens is 1. The SMILES string of the molecule is Fc1cncc(-c2nc(N[C@@H]3CCc4[nH]c5ccccc5c4C3)n3ncc(C4CCOCC4)c3n2)c1. The van der Waals surface area contributed by atoms with Crippen molar-refractivity contribution in [3.05, 3.63) is 71.6 Å². The number of aryl methyl sites for hydroxylation is 1. The molecule has 5 heterocycles. The number of rotatable bonds is 4. The summed E-state index contributed by atoms with van der Waals surface area (Å²) in [6, 6.07) is 10.1. The smallest absolute Gasteiger partial charge is 0.228 e. The average Bonchev–Trinajstić information content (AvgIpc) is 3.51. The van der Waals surface area contributed by atoms with Crippen LogP contribution in [-0.4, -0.2) is 48.8 Å². The Bertz CT molecular complexity index is 1570. The summed E-state index contributed by atoms with van der Waals surface area (Å²) in [5.74, 6) is 0.962. The van der Waals surface area contributed by atoms with Gasteiger partial charge in [0.2, 0.25) is 5.95 Å². The van der Waals surface area contributed by atoms with Crippen LogP contribution >= 0.6 is 0 Å². The highest BCUT2D eigenvalue weighted by molar-refractivity contribution is 5.85. The molecule has 36 heavy (non-hydrogen) atoms. The first-order valence-corrected chi connectivity index (χ1v) is 12.5. The molecule has 0 saturated carbocycles. The van der Waals surface area contributed by atoms with Crippen LogP contribution in [0.3, 0.4) is 0 Å². The molecule has 1 aliphatic carbocycles. The lowest BCUT2D eigenvalue weighted by atomic mass is 9.91. The zero-order chi connectivity index (χ0) is 24.1. The average molecular weight is 484 g/mol. The van der Waals surface area contributed by atoms with Crippen LogP contribution in [0.25, 0.3) is 27.9 Å². The van der Waals surface area contributed by atoms with Crippen molar-refractivity contribution in [1.29, 1.82) is 0 Å². The summed E-state index contributed by atoms with van der Waals surface area (Å²) in [5.41, 5.74) is 6.23. The van der Waals surface area contributed by atoms with Gasteiger partial charge in [0.25, 0.3) is 0 Å². The van der Waals surface area contributed by atoms with E-state index < -0.39 is 5.82 Å². The maximum atomic E-state index is 14.0. The Hall–Kier alpha value is -3.85. The maximum absolute atomic E-state index is 14.0. The van der Waals surface area contributed by atoms with Gasteiger partial charge in [0, 0.05) is 53.2 Å². The first-order chi connectivity index (χ1) is 17.7. The molecule has 0 unspecified atom stereocenters. The molecule has 182 valence electrons. The van der Waals surface area contributed by atoms with Crippen molar-refractivity contribution in [1.82, 2.24) is 29.5 Å². The second-order valence-corrected chi connectivity index (χ2v) is 9.70. The van der Waals surface area contributed by atoms with Crippen LogP contribution in [0, 0.1) is 5.82 Å². The summed E-state index contributed by atoms with van der Waals surface area (Å²) in [6.07, 6.45) is 9.36. The van der Waals surface area contributed by atoms with Crippen molar-refractivity contribution in [2.24, 2.45) is 0 Å². The molecule has 0 amide bonds. The Morgan fingerprint density at radius 1 is 1.06 bits per heavy atom. The Morgan fingerprint density at radius 2 is 1.94 bits per heavy atom. The molecule has 5 aromatic rings. The predicted molar refractivity (Wildman–Crippen MR) is 134 cm³/mol. The molecule has 2 aliphatic rings. The molecule has 0 bridgehead atoms. The highest BCUT2D eigenvalue weighted by Crippen LogP contribution is 2.33. The monoisotopic (exact) mass is 483 g/mol. The fourth-order valence-corrected chi connectivity index (χ4v) is 5.62. The summed E-state index contributed by atoms with van der Waals surface area (Å²) in [4.78, 5) is 17.2. The fourth-order valence-electron chi connectivity index (χ4n) is 5.62. The number of fused-ring (bicyclic) bond motifs is 4. The number of nitrogens with zero attached hydrogens (tertiary/aromatic N) is 5. The Morgan fingerprint density at radius 3 is 2.83 bits per heavy atom. The van der Waals surface area contributed by atoms with E-state index in [0.29, 0.717) is 23.3 Å². The molecule has 1 atom stereocenters. The van der Waals surface area contributed by atoms with Gasteiger partial charge in [0.05, 0.1) is 12.4 Å². The number of benzene rings is 1. The maximum Gasteiger partial charge on any atom is 0.228 e. The van der Waals surface area contributed by atoms with Crippen molar-refractivity contribution in [2.45, 2.75) is 44.1 Å². The van der Waals surface area contributed by atoms with E-state index in [0.717, 1.165) is 56.5 Å². The van der Waals surface area contributed by atoms with Crippen LogP contribution in [0.5, 0.6) is 0 Å². The molecular weight excluding hydrogens is 457 g/mol. The van der Waals surface area contributed by atoms with Gasteiger partial charge >= 0.3 is 0 Å². The molecule has 1 fully saturated rings. The lowest BCUT2D eigenvalue weighted by molar-refractivity contribution is 0.0855. The van der Waals surface area contributed by atoms with Gasteiger partial charge in [0.15, 0.2) is 11.5 Å². The second kappa shape index (κ2) is 8.67. The molecule has 4 aromatic heterocycles. The summed E-state index contributed by atoms with van der Waals surface area (Å²) < 4.78 is 21.4. The van der Waals surface area contributed by atoms with Gasteiger partial charge in [-0.25, -0.2) is 9.37 Å². The van der Waals surface area contributed by atoms with Gasteiger partial charge in [-0.3, -0.25) is 4.98 Å². The minimum absolute atomic E-state index is 0.184. The van der Waals surface area contributed by atoms with Gasteiger partial charge in [-0.1, -0.05) is 18.2 Å². The molecule has 9 heteroatoms. The van der Waals surface area contributed by atoms with Crippen LogP contribution < -0.4 is 5.32 Å². The molecule has 1 aromatic carbocycles. The van der Waals surface area contributed by atoms with E-state index in [1.54, 1.807) is 10.7 Å². The largest absolute Gasteiger partial charge is 0.381 e. The number of hydrogen-bond acceptors (Lipinski definition) is 6. The molecule has 1 saturated heterocycles. The summed E-state index contributed by atoms with van der Waals surface area (Å²) >= 11 is 0. The summed E-state index contributed by atoms with van der Waals surface area (Å²) in [6.45, 7) is 1.46. The van der Waals surface area contributed by atoms with Crippen LogP contribution in [-0.2, 0) is 17.6 Å². The lowest BCUT2D eigenvalue weighted by Gasteiger charge is -2.24. The van der Waals surface area contributed by atoms with E-state index in [4.69, 9.17) is 14.7 Å². The zero-order valence-electron chi connectivity index (χ0n) is 19.7. The van der Waals surface area contributed by atoms with Gasteiger partial charge in [-0.2, -0.15) is 14.6 Å². The minimum Gasteiger partial charge on any atom is -0.381 e. The summed E-state index contributed by atoms with van der Waals surface area (Å²) in [7, 11) is 0. The van der Waals surface area contributed by atoms with Gasteiger partial charge < -0.3 is 15.0 Å². The standard InChI is InChI=1S/C27H26FN7O/c28-18-11-17(13-29-14-18)25-33-26-22(16-7-9-36-10-8-16)15-30-35(26)27(34-25)31-19-5-6-24-21(12-19)20-3-1-2-4-23(20)32-24/h1-4,11,13-16,19,32H,5-10,12H2,(H,31,33,34)/t19-/m1/s1. The summed E-state index contributed by atoms with van der Waals surface area (Å²) in [5, 5.41) is 9.62. The van der Waals surface area contributed by atoms with Crippen LogP contribution in [0.4, 0.5) is 10.3 Å². The highest BCUT2D eigenvalue weighted by Gasteiger charge is 2.26. The fraction of sp³-hybridized carbons (Fsp3) is 0.333. The van der Waals surface area contributed by atoms with Crippen molar-refractivity contribution in [3.8, 4) is 11.4 Å². The predicted octanol–water partition coefficient (Wildman–Crippen LogP) is 4.67. The molecular formula is C27H26FN7O. The third-order valence-corrected chi connectivity index (χ3v) is 7.45. The van der Waals surface area contributed by atoms with Gasteiger partial charge in [-0.05, 0) is 55.7 Å². The minimum atomic E-state index is -0.414. The van der Waals surface area contributed by atoms with Crippen molar-refractivity contribution in [2.75, 3.05) is 18.5 Å². The van der Waals surface area contributed by atoms with E-state index in [1.165, 1.54) is 34.4 Å². The van der Waals surface area contributed by atoms with Crippen molar-refractivity contribution < 1.29 is 9.13 Å². The van der Waals surface area contributed by atoms with E-state index in [-0.39, 0.29) is 6.04 Å². The molecule has 0 radical (unpaired) electrons. The van der Waals surface area contributed by atoms with E-state index in [1.807, 2.05) is 6.20 Å². The van der Waals surface area contributed by atoms with Gasteiger partial charge in [-0.15, -0.1) is 0 Å². The van der Waals surface area contributed by atoms with Crippen molar-refractivity contribution >= 4 is 22.5 Å². The number of anilines is 1. The first kappa shape index (κ1) is 21.4. The quantitative estimate of drug-likeness (QED) is 0.386. The Kier molecular flexibility index (Phi) is 5.16. The van der Waals surface area contributed by atoms with Crippen LogP contribution in [0.2, 0.25) is 0 Å². The number of pyridine rings is 1. The third-order valence-electron chi connectivity index (χ3n) is 7.45. The number of para-hydroxylation sites is 1. The van der Waals surface area contributed by atoms with Crippen LogP contribution in [0.15, 0.2) is 48.9 Å². The van der Waals surface area contributed by atoms with Crippen molar-refractivity contribution in [3.63, 3.8) is 0 Å². The van der Waals surface area contributed by atoms with E-state index >= 15 is 0 Å². The highest BCUT2D eigenvalue weighted by atomic mass is 19.1. The normalized spacial score (nSPS) is 18.5. The van der Waals surface area contributed by atoms with E-state index in [9.17, 15) is 4.39 Å². The second-order valence-electron chi connectivity index (χ2n) is 9.70. The first-order valence-electron chi connectivity index (χ1n) is 12.5. The molecule has 1 aliphatic heterocycles. The van der Waals surface area contributed by atoms with Crippen LogP contribution in [0.1, 0.15) is 42.0 Å². The number of H-pyrrole nitrogens is 1. The zero-order valence-corrected chi connectivity index (χ0v) is 19.7. The molecule has 0 spiro atoms. The molecule has 7 rings (SSSR count). The lowest BCUT2D eigenvalue weighted by Crippen LogP contribution is -2.29. The van der Waals surface area contributed by atoms with Gasteiger partial charge in [0.1, 0.15) is 5.82 Å². The number of aromatic amines is 1. The molecule has 2 N–H and O–H groups in total. The third kappa shape index (κ3) is 3.71. The topological polar surface area (TPSA) is 93.0 Å². The number of ether oxygens (including phenoxy) is 1. The Balaban J connectivity index is 1.29. The molecule has 8 nitrogen and oxygen atoms in total. The Labute approximate surface area is 207 Å². The van der Waals surface area contributed by atoms with E-state index in [2.05, 4.69) is 44.6 Å². The number of hydrogen-bond donors (Lipinski definition) is 2. The number of nitrogens with one attached hydrogen (secondary N) is 2. The number of aromatic nitrogens is 6.